The second-order valence-corrected chi connectivity index (χ2v) is 6.13. The summed E-state index contributed by atoms with van der Waals surface area (Å²) in [6.45, 7) is 0.229. The van der Waals surface area contributed by atoms with Gasteiger partial charge in [0.05, 0.1) is 11.3 Å². The van der Waals surface area contributed by atoms with Crippen molar-refractivity contribution >= 4 is 18.1 Å². The van der Waals surface area contributed by atoms with Crippen LogP contribution in [0.2, 0.25) is 0 Å². The fourth-order valence-electron chi connectivity index (χ4n) is 2.53. The van der Waals surface area contributed by atoms with Gasteiger partial charge in [-0.15, -0.1) is 13.2 Å². The van der Waals surface area contributed by atoms with Gasteiger partial charge in [-0.1, -0.05) is 30.3 Å². The van der Waals surface area contributed by atoms with Crippen molar-refractivity contribution in [2.45, 2.75) is 13.0 Å². The first-order valence-electron chi connectivity index (χ1n) is 8.74. The number of carbonyl (C=O) groups is 1. The number of carboxylic acids is 1. The maximum absolute atomic E-state index is 12.6. The number of halogens is 3. The zero-order valence-electron chi connectivity index (χ0n) is 15.5. The minimum absolute atomic E-state index is 0.0274. The van der Waals surface area contributed by atoms with E-state index in [1.54, 1.807) is 0 Å². The third-order valence-electron chi connectivity index (χ3n) is 3.92. The standard InChI is InChI=1S/C22H16F3NO4/c23-22(24,25)30-19-10-11-20(29-14-15-4-2-1-3-5-15)16(12-19)6-8-18-9-7-17(13-26-18)21(27)28/h1-13H,14H2,(H,27,28)/b8-6+. The van der Waals surface area contributed by atoms with Crippen LogP contribution in [0, 0.1) is 0 Å². The van der Waals surface area contributed by atoms with Crippen molar-refractivity contribution in [1.82, 2.24) is 4.98 Å². The minimum Gasteiger partial charge on any atom is -0.488 e. The van der Waals surface area contributed by atoms with Gasteiger partial charge < -0.3 is 14.6 Å². The van der Waals surface area contributed by atoms with Crippen LogP contribution in [0.4, 0.5) is 13.2 Å². The van der Waals surface area contributed by atoms with E-state index in [2.05, 4.69) is 9.72 Å². The number of aromatic carboxylic acids is 1. The van der Waals surface area contributed by atoms with E-state index in [1.807, 2.05) is 30.3 Å². The summed E-state index contributed by atoms with van der Waals surface area (Å²) in [7, 11) is 0. The molecule has 2 aromatic carbocycles. The van der Waals surface area contributed by atoms with Crippen LogP contribution in [-0.4, -0.2) is 22.4 Å². The Balaban J connectivity index is 1.85. The zero-order chi connectivity index (χ0) is 21.6. The highest BCUT2D eigenvalue weighted by Gasteiger charge is 2.31. The summed E-state index contributed by atoms with van der Waals surface area (Å²) in [6.07, 6.45) is -0.570. The zero-order valence-corrected chi connectivity index (χ0v) is 15.5. The molecule has 0 aliphatic carbocycles. The van der Waals surface area contributed by atoms with E-state index >= 15 is 0 Å². The molecule has 0 atom stereocenters. The Morgan fingerprint density at radius 2 is 1.80 bits per heavy atom. The Morgan fingerprint density at radius 1 is 1.03 bits per heavy atom. The number of hydrogen-bond donors (Lipinski definition) is 1. The first kappa shape index (κ1) is 20.9. The fraction of sp³-hybridized carbons (Fsp3) is 0.0909. The molecule has 0 spiro atoms. The van der Waals surface area contributed by atoms with Gasteiger partial charge >= 0.3 is 12.3 Å². The van der Waals surface area contributed by atoms with Crippen LogP contribution in [0.5, 0.6) is 11.5 Å². The molecule has 0 aliphatic rings. The van der Waals surface area contributed by atoms with E-state index in [9.17, 15) is 18.0 Å². The van der Waals surface area contributed by atoms with Gasteiger partial charge in [0, 0.05) is 11.8 Å². The number of pyridine rings is 1. The first-order chi connectivity index (χ1) is 14.3. The summed E-state index contributed by atoms with van der Waals surface area (Å²) in [5.74, 6) is -1.14. The van der Waals surface area contributed by atoms with Gasteiger partial charge in [-0.25, -0.2) is 4.79 Å². The van der Waals surface area contributed by atoms with Gasteiger partial charge in [0.2, 0.25) is 0 Å². The second-order valence-electron chi connectivity index (χ2n) is 6.13. The molecule has 30 heavy (non-hydrogen) atoms. The Kier molecular flexibility index (Phi) is 6.36. The van der Waals surface area contributed by atoms with Crippen molar-refractivity contribution in [3.63, 3.8) is 0 Å². The van der Waals surface area contributed by atoms with Crippen LogP contribution in [0.25, 0.3) is 12.2 Å². The monoisotopic (exact) mass is 415 g/mol. The van der Waals surface area contributed by atoms with Crippen molar-refractivity contribution in [3.05, 3.63) is 89.2 Å². The van der Waals surface area contributed by atoms with Gasteiger partial charge in [0.1, 0.15) is 18.1 Å². The highest BCUT2D eigenvalue weighted by atomic mass is 19.4. The Bertz CT molecular complexity index is 1030. The van der Waals surface area contributed by atoms with Crippen molar-refractivity contribution in [2.75, 3.05) is 0 Å². The molecular formula is C22H16F3NO4. The molecule has 1 heterocycles. The van der Waals surface area contributed by atoms with E-state index in [0.717, 1.165) is 5.56 Å². The molecule has 0 aliphatic heterocycles. The lowest BCUT2D eigenvalue weighted by molar-refractivity contribution is -0.274. The normalized spacial score (nSPS) is 11.4. The van der Waals surface area contributed by atoms with E-state index in [0.29, 0.717) is 17.0 Å². The molecule has 0 bridgehead atoms. The van der Waals surface area contributed by atoms with Gasteiger partial charge in [-0.3, -0.25) is 4.98 Å². The molecule has 5 nitrogen and oxygen atoms in total. The number of alkyl halides is 3. The maximum Gasteiger partial charge on any atom is 0.573 e. The summed E-state index contributed by atoms with van der Waals surface area (Å²) in [4.78, 5) is 14.9. The van der Waals surface area contributed by atoms with E-state index in [1.165, 1.54) is 48.7 Å². The predicted octanol–water partition coefficient (Wildman–Crippen LogP) is 5.43. The smallest absolute Gasteiger partial charge is 0.488 e. The summed E-state index contributed by atoms with van der Waals surface area (Å²) in [5, 5.41) is 8.92. The molecule has 3 rings (SSSR count). The molecule has 8 heteroatoms. The Hall–Kier alpha value is -3.81. The summed E-state index contributed by atoms with van der Waals surface area (Å²) < 4.78 is 47.4. The number of benzene rings is 2. The molecule has 1 aromatic heterocycles. The van der Waals surface area contributed by atoms with Crippen LogP contribution in [0.3, 0.4) is 0 Å². The third-order valence-corrected chi connectivity index (χ3v) is 3.92. The maximum atomic E-state index is 12.6. The van der Waals surface area contributed by atoms with Crippen molar-refractivity contribution in [1.29, 1.82) is 0 Å². The van der Waals surface area contributed by atoms with Crippen LogP contribution < -0.4 is 9.47 Å². The number of aromatic nitrogens is 1. The van der Waals surface area contributed by atoms with E-state index in [4.69, 9.17) is 9.84 Å². The van der Waals surface area contributed by atoms with E-state index in [-0.39, 0.29) is 17.9 Å². The molecule has 1 N–H and O–H groups in total. The molecule has 0 fully saturated rings. The minimum atomic E-state index is -4.82. The van der Waals surface area contributed by atoms with Gasteiger partial charge in [-0.2, -0.15) is 0 Å². The summed E-state index contributed by atoms with van der Waals surface area (Å²) in [6, 6.07) is 15.9. The molecule has 0 saturated carbocycles. The van der Waals surface area contributed by atoms with Crippen molar-refractivity contribution in [3.8, 4) is 11.5 Å². The average molecular weight is 415 g/mol. The lowest BCUT2D eigenvalue weighted by Gasteiger charge is -2.13. The predicted molar refractivity (Wildman–Crippen MR) is 104 cm³/mol. The highest BCUT2D eigenvalue weighted by Crippen LogP contribution is 2.30. The molecule has 3 aromatic rings. The molecule has 0 saturated heterocycles. The number of carboxylic acid groups (broad SMARTS) is 1. The van der Waals surface area contributed by atoms with Crippen LogP contribution in [0.15, 0.2) is 66.9 Å². The number of ether oxygens (including phenoxy) is 2. The van der Waals surface area contributed by atoms with Gasteiger partial charge in [0.25, 0.3) is 0 Å². The van der Waals surface area contributed by atoms with Crippen LogP contribution >= 0.6 is 0 Å². The van der Waals surface area contributed by atoms with Crippen LogP contribution in [-0.2, 0) is 6.61 Å². The topological polar surface area (TPSA) is 68.7 Å². The van der Waals surface area contributed by atoms with Crippen molar-refractivity contribution in [2.24, 2.45) is 0 Å². The average Bonchev–Trinajstić information content (AvgIpc) is 2.71. The largest absolute Gasteiger partial charge is 0.573 e. The number of hydrogen-bond acceptors (Lipinski definition) is 4. The van der Waals surface area contributed by atoms with E-state index < -0.39 is 12.3 Å². The Morgan fingerprint density at radius 3 is 2.43 bits per heavy atom. The molecule has 154 valence electrons. The highest BCUT2D eigenvalue weighted by molar-refractivity contribution is 5.87. The van der Waals surface area contributed by atoms with Gasteiger partial charge in [-0.05, 0) is 48.0 Å². The lowest BCUT2D eigenvalue weighted by atomic mass is 10.1. The van der Waals surface area contributed by atoms with Crippen molar-refractivity contribution < 1.29 is 32.5 Å². The first-order valence-corrected chi connectivity index (χ1v) is 8.74. The molecule has 0 unspecified atom stereocenters. The fourth-order valence-corrected chi connectivity index (χ4v) is 2.53. The number of nitrogens with zero attached hydrogens (tertiary/aromatic N) is 1. The van der Waals surface area contributed by atoms with Gasteiger partial charge in [0.15, 0.2) is 0 Å². The Labute approximate surface area is 170 Å². The third kappa shape index (κ3) is 6.10. The van der Waals surface area contributed by atoms with Crippen LogP contribution in [0.1, 0.15) is 27.2 Å². The summed E-state index contributed by atoms with van der Waals surface area (Å²) >= 11 is 0. The SMILES string of the molecule is O=C(O)c1ccc(/C=C/c2cc(OC(F)(F)F)ccc2OCc2ccccc2)nc1. The summed E-state index contributed by atoms with van der Waals surface area (Å²) in [5.41, 5.74) is 1.70. The molecule has 0 radical (unpaired) electrons. The second kappa shape index (κ2) is 9.13. The molecular weight excluding hydrogens is 399 g/mol. The quantitative estimate of drug-likeness (QED) is 0.558. The number of rotatable bonds is 7. The lowest BCUT2D eigenvalue weighted by Crippen LogP contribution is -2.17. The molecule has 0 amide bonds.